The smallest absolute Gasteiger partial charge is 0.250 e. The van der Waals surface area contributed by atoms with Crippen LogP contribution in [0, 0.1) is 0 Å². The van der Waals surface area contributed by atoms with Crippen LogP contribution in [0.25, 0.3) is 0 Å². The van der Waals surface area contributed by atoms with Gasteiger partial charge in [-0.1, -0.05) is 0 Å². The number of thiophene rings is 1. The van der Waals surface area contributed by atoms with E-state index in [0.29, 0.717) is 6.61 Å². The Morgan fingerprint density at radius 3 is 2.81 bits per heavy atom. The summed E-state index contributed by atoms with van der Waals surface area (Å²) in [7, 11) is -1.94. The van der Waals surface area contributed by atoms with E-state index < -0.39 is 10.0 Å². The average Bonchev–Trinajstić information content (AvgIpc) is 2.63. The van der Waals surface area contributed by atoms with Crippen molar-refractivity contribution in [3.8, 4) is 0 Å². The highest BCUT2D eigenvalue weighted by atomic mass is 79.9. The quantitative estimate of drug-likeness (QED) is 0.801. The largest absolute Gasteiger partial charge is 0.383 e. The van der Waals surface area contributed by atoms with E-state index in [2.05, 4.69) is 20.7 Å². The summed E-state index contributed by atoms with van der Waals surface area (Å²) in [6, 6.07) is 3.23. The van der Waals surface area contributed by atoms with E-state index in [-0.39, 0.29) is 16.1 Å². The molecule has 1 rings (SSSR count). The lowest BCUT2D eigenvalue weighted by molar-refractivity contribution is 0.198. The molecule has 0 spiro atoms. The second kappa shape index (κ2) is 6.32. The van der Waals surface area contributed by atoms with Crippen LogP contribution in [0.15, 0.2) is 20.1 Å². The fourth-order valence-electron chi connectivity index (χ4n) is 0.953. The van der Waals surface area contributed by atoms with Crippen LogP contribution in [0.1, 0.15) is 0 Å². The van der Waals surface area contributed by atoms with Gasteiger partial charge in [-0.05, 0) is 28.1 Å². The van der Waals surface area contributed by atoms with Crippen molar-refractivity contribution in [1.29, 1.82) is 0 Å². The molecule has 1 atom stereocenters. The summed E-state index contributed by atoms with van der Waals surface area (Å²) >= 11 is 10.2. The summed E-state index contributed by atoms with van der Waals surface area (Å²) in [5, 5.41) is -0.372. The molecule has 1 heterocycles. The van der Waals surface area contributed by atoms with Gasteiger partial charge in [0.1, 0.15) is 4.21 Å². The van der Waals surface area contributed by atoms with Crippen molar-refractivity contribution in [3.63, 3.8) is 0 Å². The molecular formula is C8H11BrClNO3S2. The second-order valence-corrected chi connectivity index (χ2v) is 8.04. The maximum absolute atomic E-state index is 11.7. The van der Waals surface area contributed by atoms with Crippen LogP contribution in [0.3, 0.4) is 0 Å². The van der Waals surface area contributed by atoms with Gasteiger partial charge in [-0.15, -0.1) is 22.9 Å². The van der Waals surface area contributed by atoms with E-state index in [1.807, 2.05) is 0 Å². The van der Waals surface area contributed by atoms with E-state index >= 15 is 0 Å². The molecule has 92 valence electrons. The predicted molar refractivity (Wildman–Crippen MR) is 68.7 cm³/mol. The number of sulfonamides is 1. The standard InChI is InChI=1S/C8H11BrClNO3S2/c1-14-5-6(10)4-11-16(12,13)8-3-2-7(9)15-8/h2-3,6,11H,4-5H2,1H3. The Morgan fingerprint density at radius 1 is 1.62 bits per heavy atom. The van der Waals surface area contributed by atoms with Gasteiger partial charge in [-0.25, -0.2) is 13.1 Å². The van der Waals surface area contributed by atoms with Crippen LogP contribution in [0.4, 0.5) is 0 Å². The van der Waals surface area contributed by atoms with Gasteiger partial charge in [-0.2, -0.15) is 0 Å². The summed E-state index contributed by atoms with van der Waals surface area (Å²) < 4.78 is 31.7. The van der Waals surface area contributed by atoms with Crippen molar-refractivity contribution in [3.05, 3.63) is 15.9 Å². The molecule has 0 saturated carbocycles. The van der Waals surface area contributed by atoms with Crippen molar-refractivity contribution >= 4 is 48.9 Å². The number of hydrogen-bond acceptors (Lipinski definition) is 4. The van der Waals surface area contributed by atoms with Gasteiger partial charge < -0.3 is 4.74 Å². The highest BCUT2D eigenvalue weighted by molar-refractivity contribution is 9.11. The first-order chi connectivity index (χ1) is 7.45. The number of nitrogens with one attached hydrogen (secondary N) is 1. The van der Waals surface area contributed by atoms with E-state index in [4.69, 9.17) is 16.3 Å². The van der Waals surface area contributed by atoms with Crippen molar-refractivity contribution in [2.45, 2.75) is 9.59 Å². The highest BCUT2D eigenvalue weighted by Crippen LogP contribution is 2.25. The molecule has 1 aromatic rings. The fourth-order valence-corrected chi connectivity index (χ4v) is 4.38. The minimum Gasteiger partial charge on any atom is -0.383 e. The first-order valence-corrected chi connectivity index (χ1v) is 7.86. The predicted octanol–water partition coefficient (Wildman–Crippen LogP) is 2.04. The number of rotatable bonds is 6. The number of alkyl halides is 1. The third-order valence-electron chi connectivity index (χ3n) is 1.66. The molecule has 1 aromatic heterocycles. The van der Waals surface area contributed by atoms with Crippen LogP contribution in [-0.4, -0.2) is 34.1 Å². The topological polar surface area (TPSA) is 55.4 Å². The zero-order chi connectivity index (χ0) is 12.2. The van der Waals surface area contributed by atoms with Gasteiger partial charge in [0.05, 0.1) is 15.8 Å². The van der Waals surface area contributed by atoms with Crippen LogP contribution >= 0.6 is 38.9 Å². The zero-order valence-corrected chi connectivity index (χ0v) is 12.4. The van der Waals surface area contributed by atoms with Gasteiger partial charge in [0.25, 0.3) is 0 Å². The summed E-state index contributed by atoms with van der Waals surface area (Å²) in [4.78, 5) is 0. The number of halogens is 2. The Labute approximate surface area is 112 Å². The molecule has 0 aliphatic carbocycles. The second-order valence-electron chi connectivity index (χ2n) is 2.96. The Balaban J connectivity index is 2.59. The maximum atomic E-state index is 11.7. The molecule has 0 radical (unpaired) electrons. The number of methoxy groups -OCH3 is 1. The van der Waals surface area contributed by atoms with Crippen LogP contribution in [0.5, 0.6) is 0 Å². The third-order valence-corrected chi connectivity index (χ3v) is 5.48. The molecule has 0 aliphatic rings. The minimum absolute atomic E-state index is 0.146. The molecule has 8 heteroatoms. The molecule has 0 fully saturated rings. The van der Waals surface area contributed by atoms with Crippen LogP contribution < -0.4 is 4.72 Å². The first-order valence-electron chi connectivity index (χ1n) is 4.33. The number of ether oxygens (including phenoxy) is 1. The molecule has 1 N–H and O–H groups in total. The molecule has 1 unspecified atom stereocenters. The minimum atomic E-state index is -3.45. The lowest BCUT2D eigenvalue weighted by Gasteiger charge is -2.09. The molecular weight excluding hydrogens is 338 g/mol. The van der Waals surface area contributed by atoms with Crippen LogP contribution in [-0.2, 0) is 14.8 Å². The van der Waals surface area contributed by atoms with Crippen molar-refractivity contribution in [1.82, 2.24) is 4.72 Å². The van der Waals surface area contributed by atoms with E-state index in [1.165, 1.54) is 13.2 Å². The summed E-state index contributed by atoms with van der Waals surface area (Å²) in [5.74, 6) is 0. The zero-order valence-electron chi connectivity index (χ0n) is 8.44. The fraction of sp³-hybridized carbons (Fsp3) is 0.500. The normalized spacial score (nSPS) is 13.9. The summed E-state index contributed by atoms with van der Waals surface area (Å²) in [5.41, 5.74) is 0. The van der Waals surface area contributed by atoms with Gasteiger partial charge >= 0.3 is 0 Å². The first kappa shape index (κ1) is 14.4. The van der Waals surface area contributed by atoms with E-state index in [0.717, 1.165) is 15.1 Å². The molecule has 0 aliphatic heterocycles. The van der Waals surface area contributed by atoms with Crippen molar-refractivity contribution < 1.29 is 13.2 Å². The molecule has 4 nitrogen and oxygen atoms in total. The number of hydrogen-bond donors (Lipinski definition) is 1. The summed E-state index contributed by atoms with van der Waals surface area (Å²) in [6.45, 7) is 0.450. The molecule has 0 aromatic carbocycles. The van der Waals surface area contributed by atoms with Crippen LogP contribution in [0.2, 0.25) is 0 Å². The lowest BCUT2D eigenvalue weighted by Crippen LogP contribution is -2.31. The van der Waals surface area contributed by atoms with Gasteiger partial charge in [-0.3, -0.25) is 0 Å². The molecule has 0 amide bonds. The SMILES string of the molecule is COCC(Cl)CNS(=O)(=O)c1ccc(Br)s1. The highest BCUT2D eigenvalue weighted by Gasteiger charge is 2.17. The Kier molecular flexibility index (Phi) is 5.69. The Bertz CT molecular complexity index is 434. The lowest BCUT2D eigenvalue weighted by atomic mass is 10.5. The van der Waals surface area contributed by atoms with Gasteiger partial charge in [0.2, 0.25) is 10.0 Å². The summed E-state index contributed by atoms with van der Waals surface area (Å²) in [6.07, 6.45) is 0. The average molecular weight is 349 g/mol. The van der Waals surface area contributed by atoms with Crippen molar-refractivity contribution in [2.75, 3.05) is 20.3 Å². The van der Waals surface area contributed by atoms with Crippen molar-refractivity contribution in [2.24, 2.45) is 0 Å². The molecule has 16 heavy (non-hydrogen) atoms. The molecule has 0 saturated heterocycles. The monoisotopic (exact) mass is 347 g/mol. The van der Waals surface area contributed by atoms with Gasteiger partial charge in [0, 0.05) is 13.7 Å². The van der Waals surface area contributed by atoms with Gasteiger partial charge in [0.15, 0.2) is 0 Å². The van der Waals surface area contributed by atoms with E-state index in [1.54, 1.807) is 6.07 Å². The third kappa shape index (κ3) is 4.31. The Hall–Kier alpha value is 0.340. The maximum Gasteiger partial charge on any atom is 0.250 e. The van der Waals surface area contributed by atoms with E-state index in [9.17, 15) is 8.42 Å². The Morgan fingerprint density at radius 2 is 2.31 bits per heavy atom. The molecule has 0 bridgehead atoms.